The minimum atomic E-state index is -0.484. The summed E-state index contributed by atoms with van der Waals surface area (Å²) in [4.78, 5) is 14.3. The predicted molar refractivity (Wildman–Crippen MR) is 55.6 cm³/mol. The molecule has 78 valence electrons. The van der Waals surface area contributed by atoms with Gasteiger partial charge in [0.2, 0.25) is 0 Å². The highest BCUT2D eigenvalue weighted by Gasteiger charge is 2.24. The van der Waals surface area contributed by atoms with Crippen LogP contribution in [0.3, 0.4) is 0 Å². The standard InChI is InChI=1S/C10H10N2O2S/c11-6-8-7-12(3-4-14-8)10(13)9-2-1-5-15-9/h1-2,5,8H,3-4,7H2. The minimum absolute atomic E-state index is 0.00597. The minimum Gasteiger partial charge on any atom is -0.360 e. The Bertz CT molecular complexity index is 383. The van der Waals surface area contributed by atoms with Crippen molar-refractivity contribution in [3.63, 3.8) is 0 Å². The highest BCUT2D eigenvalue weighted by atomic mass is 32.1. The molecule has 1 aromatic heterocycles. The topological polar surface area (TPSA) is 53.3 Å². The second-order valence-electron chi connectivity index (χ2n) is 3.22. The first-order chi connectivity index (χ1) is 7.31. The van der Waals surface area contributed by atoms with Gasteiger partial charge in [-0.25, -0.2) is 0 Å². The number of nitrogens with zero attached hydrogens (tertiary/aromatic N) is 2. The number of carbonyl (C=O) groups excluding carboxylic acids is 1. The molecule has 4 nitrogen and oxygen atoms in total. The van der Waals surface area contributed by atoms with E-state index in [4.69, 9.17) is 10.00 Å². The zero-order valence-corrected chi connectivity index (χ0v) is 8.87. The zero-order valence-electron chi connectivity index (χ0n) is 8.05. The van der Waals surface area contributed by atoms with Gasteiger partial charge in [-0.2, -0.15) is 5.26 Å². The van der Waals surface area contributed by atoms with Crippen molar-refractivity contribution >= 4 is 17.2 Å². The maximum absolute atomic E-state index is 11.9. The van der Waals surface area contributed by atoms with Gasteiger partial charge in [0, 0.05) is 6.54 Å². The van der Waals surface area contributed by atoms with Gasteiger partial charge in [-0.15, -0.1) is 11.3 Å². The third-order valence-electron chi connectivity index (χ3n) is 2.23. The molecular weight excluding hydrogens is 212 g/mol. The maximum Gasteiger partial charge on any atom is 0.264 e. The fourth-order valence-corrected chi connectivity index (χ4v) is 2.16. The van der Waals surface area contributed by atoms with Crippen LogP contribution in [0.2, 0.25) is 0 Å². The van der Waals surface area contributed by atoms with E-state index in [0.29, 0.717) is 24.6 Å². The predicted octanol–water partition coefficient (Wildman–Crippen LogP) is 1.11. The Kier molecular flexibility index (Phi) is 2.99. The molecule has 0 N–H and O–H groups in total. The van der Waals surface area contributed by atoms with E-state index in [1.54, 1.807) is 11.0 Å². The first-order valence-electron chi connectivity index (χ1n) is 4.65. The van der Waals surface area contributed by atoms with E-state index < -0.39 is 6.10 Å². The molecule has 1 aliphatic rings. The summed E-state index contributed by atoms with van der Waals surface area (Å²) in [6.07, 6.45) is -0.484. The second-order valence-corrected chi connectivity index (χ2v) is 4.16. The summed E-state index contributed by atoms with van der Waals surface area (Å²) in [5.74, 6) is -0.00597. The third kappa shape index (κ3) is 2.17. The molecule has 1 aromatic rings. The average Bonchev–Trinajstić information content (AvgIpc) is 2.81. The normalized spacial score (nSPS) is 21.0. The van der Waals surface area contributed by atoms with Crippen molar-refractivity contribution < 1.29 is 9.53 Å². The summed E-state index contributed by atoms with van der Waals surface area (Å²) in [5.41, 5.74) is 0. The van der Waals surface area contributed by atoms with Crippen LogP contribution in [-0.2, 0) is 4.74 Å². The molecule has 0 aliphatic carbocycles. The summed E-state index contributed by atoms with van der Waals surface area (Å²) in [6, 6.07) is 5.66. The van der Waals surface area contributed by atoms with E-state index in [1.165, 1.54) is 11.3 Å². The number of amides is 1. The van der Waals surface area contributed by atoms with Gasteiger partial charge in [-0.05, 0) is 11.4 Å². The molecule has 0 bridgehead atoms. The molecule has 5 heteroatoms. The SMILES string of the molecule is N#CC1CN(C(=O)c2cccs2)CCO1. The van der Waals surface area contributed by atoms with Gasteiger partial charge in [0.15, 0.2) is 6.10 Å². The van der Waals surface area contributed by atoms with E-state index in [-0.39, 0.29) is 5.91 Å². The molecule has 1 amide bonds. The average molecular weight is 222 g/mol. The molecular formula is C10H10N2O2S. The van der Waals surface area contributed by atoms with Crippen LogP contribution in [0.15, 0.2) is 17.5 Å². The summed E-state index contributed by atoms with van der Waals surface area (Å²) in [6.45, 7) is 1.37. The Morgan fingerprint density at radius 2 is 2.60 bits per heavy atom. The number of ether oxygens (including phenoxy) is 1. The number of carbonyl (C=O) groups is 1. The van der Waals surface area contributed by atoms with Crippen molar-refractivity contribution in [1.29, 1.82) is 5.26 Å². The van der Waals surface area contributed by atoms with Crippen LogP contribution in [0.5, 0.6) is 0 Å². The van der Waals surface area contributed by atoms with Crippen molar-refractivity contribution in [2.45, 2.75) is 6.10 Å². The molecule has 1 fully saturated rings. The lowest BCUT2D eigenvalue weighted by atomic mass is 10.3. The molecule has 0 radical (unpaired) electrons. The molecule has 1 aliphatic heterocycles. The lowest BCUT2D eigenvalue weighted by Crippen LogP contribution is -2.44. The molecule has 0 spiro atoms. The number of morpholine rings is 1. The fourth-order valence-electron chi connectivity index (χ4n) is 1.47. The van der Waals surface area contributed by atoms with Crippen molar-refractivity contribution in [2.24, 2.45) is 0 Å². The molecule has 1 saturated heterocycles. The lowest BCUT2D eigenvalue weighted by molar-refractivity contribution is 0.00369. The number of hydrogen-bond donors (Lipinski definition) is 0. The first kappa shape index (κ1) is 10.1. The molecule has 0 aromatic carbocycles. The van der Waals surface area contributed by atoms with E-state index in [0.717, 1.165) is 0 Å². The van der Waals surface area contributed by atoms with Gasteiger partial charge in [-0.1, -0.05) is 6.07 Å². The Morgan fingerprint density at radius 3 is 3.27 bits per heavy atom. The fraction of sp³-hybridized carbons (Fsp3) is 0.400. The van der Waals surface area contributed by atoms with Crippen LogP contribution in [0.25, 0.3) is 0 Å². The monoisotopic (exact) mass is 222 g/mol. The van der Waals surface area contributed by atoms with E-state index >= 15 is 0 Å². The third-order valence-corrected chi connectivity index (χ3v) is 3.09. The van der Waals surface area contributed by atoms with E-state index in [9.17, 15) is 4.79 Å². The van der Waals surface area contributed by atoms with Gasteiger partial charge in [-0.3, -0.25) is 4.79 Å². The van der Waals surface area contributed by atoms with Crippen molar-refractivity contribution in [3.8, 4) is 6.07 Å². The highest BCUT2D eigenvalue weighted by Crippen LogP contribution is 2.14. The maximum atomic E-state index is 11.9. The van der Waals surface area contributed by atoms with E-state index in [1.807, 2.05) is 17.5 Å². The van der Waals surface area contributed by atoms with Crippen LogP contribution < -0.4 is 0 Å². The number of thiophene rings is 1. The van der Waals surface area contributed by atoms with Crippen molar-refractivity contribution in [3.05, 3.63) is 22.4 Å². The molecule has 1 unspecified atom stereocenters. The van der Waals surface area contributed by atoms with Gasteiger partial charge in [0.25, 0.3) is 5.91 Å². The molecule has 1 atom stereocenters. The van der Waals surface area contributed by atoms with Crippen LogP contribution in [0.1, 0.15) is 9.67 Å². The Morgan fingerprint density at radius 1 is 1.73 bits per heavy atom. The second kappa shape index (κ2) is 4.43. The lowest BCUT2D eigenvalue weighted by Gasteiger charge is -2.29. The smallest absolute Gasteiger partial charge is 0.264 e. The van der Waals surface area contributed by atoms with Crippen molar-refractivity contribution in [1.82, 2.24) is 4.90 Å². The molecule has 0 saturated carbocycles. The Balaban J connectivity index is 2.05. The largest absolute Gasteiger partial charge is 0.360 e. The highest BCUT2D eigenvalue weighted by molar-refractivity contribution is 7.12. The molecule has 2 heterocycles. The van der Waals surface area contributed by atoms with Gasteiger partial charge < -0.3 is 9.64 Å². The Labute approximate surface area is 91.7 Å². The van der Waals surface area contributed by atoms with Gasteiger partial charge in [0.1, 0.15) is 0 Å². The van der Waals surface area contributed by atoms with Crippen LogP contribution in [0, 0.1) is 11.3 Å². The zero-order chi connectivity index (χ0) is 10.7. The Hall–Kier alpha value is -1.38. The van der Waals surface area contributed by atoms with Crippen LogP contribution in [-0.4, -0.2) is 36.6 Å². The van der Waals surface area contributed by atoms with Crippen molar-refractivity contribution in [2.75, 3.05) is 19.7 Å². The number of hydrogen-bond acceptors (Lipinski definition) is 4. The summed E-state index contributed by atoms with van der Waals surface area (Å²) < 4.78 is 5.17. The van der Waals surface area contributed by atoms with Crippen LogP contribution >= 0.6 is 11.3 Å². The van der Waals surface area contributed by atoms with E-state index in [2.05, 4.69) is 0 Å². The number of nitriles is 1. The van der Waals surface area contributed by atoms with Gasteiger partial charge >= 0.3 is 0 Å². The molecule has 2 rings (SSSR count). The van der Waals surface area contributed by atoms with Crippen LogP contribution in [0.4, 0.5) is 0 Å². The quantitative estimate of drug-likeness (QED) is 0.715. The summed E-state index contributed by atoms with van der Waals surface area (Å²) in [5, 5.41) is 10.6. The van der Waals surface area contributed by atoms with Gasteiger partial charge in [0.05, 0.1) is 24.1 Å². The number of rotatable bonds is 1. The summed E-state index contributed by atoms with van der Waals surface area (Å²) >= 11 is 1.42. The molecule has 15 heavy (non-hydrogen) atoms. The summed E-state index contributed by atoms with van der Waals surface area (Å²) in [7, 11) is 0. The first-order valence-corrected chi connectivity index (χ1v) is 5.53.